The van der Waals surface area contributed by atoms with Gasteiger partial charge in [-0.15, -0.1) is 0 Å². The van der Waals surface area contributed by atoms with Gasteiger partial charge in [-0.05, 0) is 53.4 Å². The molecule has 0 N–H and O–H groups in total. The zero-order valence-corrected chi connectivity index (χ0v) is 11.9. The monoisotopic (exact) mass is 238 g/mol. The largest absolute Gasteiger partial charge is 0.463 e. The van der Waals surface area contributed by atoms with Crippen LogP contribution in [0.1, 0.15) is 60.3 Å². The van der Waals surface area contributed by atoms with E-state index in [9.17, 15) is 4.79 Å². The summed E-state index contributed by atoms with van der Waals surface area (Å²) >= 11 is 0. The van der Waals surface area contributed by atoms with Crippen LogP contribution < -0.4 is 0 Å². The summed E-state index contributed by atoms with van der Waals surface area (Å²) in [5.41, 5.74) is 2.79. The highest BCUT2D eigenvalue weighted by atomic mass is 16.5. The molecule has 2 heteroatoms. The van der Waals surface area contributed by atoms with Gasteiger partial charge in [0.2, 0.25) is 0 Å². The second-order valence-corrected chi connectivity index (χ2v) is 4.87. The Balaban J connectivity index is 3.76. The number of allylic oxidation sites excluding steroid dienone is 4. The van der Waals surface area contributed by atoms with Gasteiger partial charge < -0.3 is 4.74 Å². The van der Waals surface area contributed by atoms with E-state index in [4.69, 9.17) is 4.74 Å². The van der Waals surface area contributed by atoms with E-state index in [2.05, 4.69) is 32.9 Å². The average molecular weight is 238 g/mol. The highest BCUT2D eigenvalue weighted by Gasteiger charge is 2.03. The fourth-order valence-corrected chi connectivity index (χ4v) is 1.60. The quantitative estimate of drug-likeness (QED) is 0.485. The maximum absolute atomic E-state index is 10.7. The summed E-state index contributed by atoms with van der Waals surface area (Å²) in [4.78, 5) is 10.7. The Morgan fingerprint density at radius 3 is 2.29 bits per heavy atom. The van der Waals surface area contributed by atoms with Crippen LogP contribution in [0.3, 0.4) is 0 Å². The summed E-state index contributed by atoms with van der Waals surface area (Å²) in [5.74, 6) is -0.193. The van der Waals surface area contributed by atoms with Crippen LogP contribution in [0.5, 0.6) is 0 Å². The maximum Gasteiger partial charge on any atom is 0.302 e. The van der Waals surface area contributed by atoms with Crippen molar-refractivity contribution >= 4 is 5.97 Å². The topological polar surface area (TPSA) is 26.3 Å². The molecule has 0 heterocycles. The first-order valence-electron chi connectivity index (χ1n) is 6.38. The van der Waals surface area contributed by atoms with Crippen LogP contribution in [0, 0.1) is 0 Å². The predicted molar refractivity (Wildman–Crippen MR) is 72.9 cm³/mol. The molecule has 0 aromatic heterocycles. The summed E-state index contributed by atoms with van der Waals surface area (Å²) in [5, 5.41) is 0. The van der Waals surface area contributed by atoms with Gasteiger partial charge in [-0.1, -0.05) is 23.3 Å². The van der Waals surface area contributed by atoms with E-state index in [1.54, 1.807) is 0 Å². The molecule has 0 saturated carbocycles. The van der Waals surface area contributed by atoms with Crippen LogP contribution in [0.25, 0.3) is 0 Å². The lowest BCUT2D eigenvalue weighted by Gasteiger charge is -2.10. The molecule has 0 spiro atoms. The van der Waals surface area contributed by atoms with Crippen LogP contribution in [-0.2, 0) is 9.53 Å². The van der Waals surface area contributed by atoms with Gasteiger partial charge in [0.15, 0.2) is 0 Å². The Labute approximate surface area is 106 Å². The highest BCUT2D eigenvalue weighted by Crippen LogP contribution is 2.10. The minimum absolute atomic E-state index is 0.0225. The third kappa shape index (κ3) is 11.2. The third-order valence-corrected chi connectivity index (χ3v) is 2.52. The van der Waals surface area contributed by atoms with Gasteiger partial charge in [0, 0.05) is 6.92 Å². The first-order valence-corrected chi connectivity index (χ1v) is 6.38. The molecule has 1 atom stereocenters. The molecule has 0 aromatic rings. The molecule has 0 fully saturated rings. The van der Waals surface area contributed by atoms with Gasteiger partial charge >= 0.3 is 5.97 Å². The highest BCUT2D eigenvalue weighted by molar-refractivity contribution is 5.66. The summed E-state index contributed by atoms with van der Waals surface area (Å²) in [7, 11) is 0. The molecule has 0 saturated heterocycles. The summed E-state index contributed by atoms with van der Waals surface area (Å²) in [6, 6.07) is 0. The van der Waals surface area contributed by atoms with E-state index in [-0.39, 0.29) is 12.1 Å². The lowest BCUT2D eigenvalue weighted by molar-refractivity contribution is -0.145. The zero-order chi connectivity index (χ0) is 13.3. The summed E-state index contributed by atoms with van der Waals surface area (Å²) in [6.45, 7) is 9.81. The average Bonchev–Trinajstić information content (AvgIpc) is 2.15. The molecule has 0 radical (unpaired) electrons. The van der Waals surface area contributed by atoms with Crippen LogP contribution in [0.2, 0.25) is 0 Å². The molecule has 0 aliphatic heterocycles. The Morgan fingerprint density at radius 1 is 1.12 bits per heavy atom. The first kappa shape index (κ1) is 16.0. The minimum Gasteiger partial charge on any atom is -0.463 e. The van der Waals surface area contributed by atoms with Gasteiger partial charge in [-0.3, -0.25) is 4.79 Å². The molecule has 17 heavy (non-hydrogen) atoms. The van der Waals surface area contributed by atoms with Crippen molar-refractivity contribution in [3.63, 3.8) is 0 Å². The van der Waals surface area contributed by atoms with Gasteiger partial charge in [0.25, 0.3) is 0 Å². The lowest BCUT2D eigenvalue weighted by Crippen LogP contribution is -2.11. The van der Waals surface area contributed by atoms with Gasteiger partial charge in [-0.2, -0.15) is 0 Å². The van der Waals surface area contributed by atoms with Crippen molar-refractivity contribution in [2.75, 3.05) is 0 Å². The zero-order valence-electron chi connectivity index (χ0n) is 11.9. The molecule has 0 aliphatic carbocycles. The maximum atomic E-state index is 10.7. The fraction of sp³-hybridized carbons (Fsp3) is 0.667. The van der Waals surface area contributed by atoms with Crippen LogP contribution in [-0.4, -0.2) is 12.1 Å². The van der Waals surface area contributed by atoms with Crippen molar-refractivity contribution in [3.05, 3.63) is 23.3 Å². The second-order valence-electron chi connectivity index (χ2n) is 4.87. The molecule has 0 amide bonds. The third-order valence-electron chi connectivity index (χ3n) is 2.52. The van der Waals surface area contributed by atoms with E-state index >= 15 is 0 Å². The normalized spacial score (nSPS) is 13.1. The fourth-order valence-electron chi connectivity index (χ4n) is 1.60. The van der Waals surface area contributed by atoms with Crippen molar-refractivity contribution in [2.24, 2.45) is 0 Å². The SMILES string of the molecule is CC(=O)OC(C)CC/C=C(/C)CCC=C(C)C. The molecule has 0 rings (SSSR count). The second kappa shape index (κ2) is 9.03. The van der Waals surface area contributed by atoms with E-state index < -0.39 is 0 Å². The summed E-state index contributed by atoms with van der Waals surface area (Å²) < 4.78 is 5.07. The van der Waals surface area contributed by atoms with Gasteiger partial charge in [0.1, 0.15) is 0 Å². The van der Waals surface area contributed by atoms with Crippen LogP contribution in [0.15, 0.2) is 23.3 Å². The van der Waals surface area contributed by atoms with E-state index in [1.807, 2.05) is 6.92 Å². The number of ether oxygens (including phenoxy) is 1. The Bertz CT molecular complexity index is 283. The van der Waals surface area contributed by atoms with Crippen LogP contribution in [0.4, 0.5) is 0 Å². The van der Waals surface area contributed by atoms with E-state index in [0.29, 0.717) is 0 Å². The Hall–Kier alpha value is -1.05. The lowest BCUT2D eigenvalue weighted by atomic mass is 10.1. The van der Waals surface area contributed by atoms with E-state index in [0.717, 1.165) is 25.7 Å². The number of carbonyl (C=O) groups is 1. The van der Waals surface area contributed by atoms with Crippen molar-refractivity contribution < 1.29 is 9.53 Å². The predicted octanol–water partition coefficient (Wildman–Crippen LogP) is 4.41. The smallest absolute Gasteiger partial charge is 0.302 e. The Morgan fingerprint density at radius 2 is 1.76 bits per heavy atom. The van der Waals surface area contributed by atoms with Crippen LogP contribution >= 0.6 is 0 Å². The minimum atomic E-state index is -0.193. The number of hydrogen-bond acceptors (Lipinski definition) is 2. The standard InChI is InChI=1S/C15H26O2/c1-12(2)8-6-9-13(3)10-7-11-14(4)17-15(5)16/h8,10,14H,6-7,9,11H2,1-5H3/b13-10-. The molecule has 2 nitrogen and oxygen atoms in total. The van der Waals surface area contributed by atoms with Gasteiger partial charge in [-0.25, -0.2) is 0 Å². The molecular formula is C15H26O2. The molecular weight excluding hydrogens is 212 g/mol. The van der Waals surface area contributed by atoms with Gasteiger partial charge in [0.05, 0.1) is 6.10 Å². The van der Waals surface area contributed by atoms with E-state index in [1.165, 1.54) is 18.1 Å². The molecule has 98 valence electrons. The first-order chi connectivity index (χ1) is 7.91. The number of hydrogen-bond donors (Lipinski definition) is 0. The van der Waals surface area contributed by atoms with Crippen molar-refractivity contribution in [1.29, 1.82) is 0 Å². The Kier molecular flexibility index (Phi) is 8.47. The van der Waals surface area contributed by atoms with Crippen molar-refractivity contribution in [2.45, 2.75) is 66.4 Å². The summed E-state index contributed by atoms with van der Waals surface area (Å²) in [6.07, 6.45) is 8.65. The number of carbonyl (C=O) groups excluding carboxylic acids is 1. The molecule has 1 unspecified atom stereocenters. The molecule has 0 aliphatic rings. The molecule has 0 aromatic carbocycles. The van der Waals surface area contributed by atoms with Crippen molar-refractivity contribution in [3.8, 4) is 0 Å². The van der Waals surface area contributed by atoms with Crippen molar-refractivity contribution in [1.82, 2.24) is 0 Å². The number of rotatable bonds is 7. The molecule has 0 bridgehead atoms. The number of esters is 1.